The number of hydrogen-bond donors (Lipinski definition) is 2. The average Bonchev–Trinajstić information content (AvgIpc) is 2.68. The van der Waals surface area contributed by atoms with Crippen molar-refractivity contribution in [3.05, 3.63) is 29.4 Å². The van der Waals surface area contributed by atoms with E-state index in [1.165, 1.54) is 24.4 Å². The van der Waals surface area contributed by atoms with Gasteiger partial charge in [-0.15, -0.1) is 5.10 Å². The van der Waals surface area contributed by atoms with Gasteiger partial charge in [0, 0.05) is 16.6 Å². The van der Waals surface area contributed by atoms with Crippen molar-refractivity contribution < 1.29 is 8.42 Å². The number of nitrogen functional groups attached to an aromatic ring is 1. The van der Waals surface area contributed by atoms with Gasteiger partial charge in [-0.2, -0.15) is 0 Å². The van der Waals surface area contributed by atoms with Crippen LogP contribution in [0.3, 0.4) is 0 Å². The van der Waals surface area contributed by atoms with E-state index in [9.17, 15) is 8.42 Å². The highest BCUT2D eigenvalue weighted by atomic mass is 35.5. The summed E-state index contributed by atoms with van der Waals surface area (Å²) in [5, 5.41) is 4.22. The maximum atomic E-state index is 11.9. The molecule has 2 aromatic rings. The van der Waals surface area contributed by atoms with Gasteiger partial charge >= 0.3 is 0 Å². The summed E-state index contributed by atoms with van der Waals surface area (Å²) in [6.07, 6.45) is 1.31. The molecular weight excluding hydrogens is 284 g/mol. The van der Waals surface area contributed by atoms with Crippen molar-refractivity contribution in [3.8, 4) is 0 Å². The van der Waals surface area contributed by atoms with Crippen molar-refractivity contribution >= 4 is 43.8 Å². The Kier molecular flexibility index (Phi) is 3.18. The normalized spacial score (nSPS) is 11.4. The zero-order valence-corrected chi connectivity index (χ0v) is 10.7. The van der Waals surface area contributed by atoms with Crippen molar-refractivity contribution in [2.45, 2.75) is 4.90 Å². The molecule has 0 saturated carbocycles. The van der Waals surface area contributed by atoms with Crippen LogP contribution in [0.25, 0.3) is 0 Å². The Balaban J connectivity index is 2.38. The van der Waals surface area contributed by atoms with Gasteiger partial charge in [-0.05, 0) is 18.2 Å². The Morgan fingerprint density at radius 1 is 1.41 bits per heavy atom. The first-order valence-electron chi connectivity index (χ1n) is 4.34. The van der Waals surface area contributed by atoms with E-state index in [1.54, 1.807) is 0 Å². The third-order valence-electron chi connectivity index (χ3n) is 1.86. The third-order valence-corrected chi connectivity index (χ3v) is 4.24. The Hall–Kier alpha value is -1.38. The molecule has 6 nitrogen and oxygen atoms in total. The molecule has 9 heteroatoms. The summed E-state index contributed by atoms with van der Waals surface area (Å²) in [6.45, 7) is 0. The summed E-state index contributed by atoms with van der Waals surface area (Å²) < 4.78 is 29.8. The van der Waals surface area contributed by atoms with Gasteiger partial charge in [-0.25, -0.2) is 8.42 Å². The number of nitrogens with two attached hydrogens (primary N) is 1. The lowest BCUT2D eigenvalue weighted by Gasteiger charge is -2.07. The van der Waals surface area contributed by atoms with E-state index >= 15 is 0 Å². The highest BCUT2D eigenvalue weighted by molar-refractivity contribution is 7.93. The first-order valence-corrected chi connectivity index (χ1v) is 6.98. The second-order valence-corrected chi connectivity index (χ2v) is 5.94. The molecule has 0 saturated heterocycles. The predicted octanol–water partition coefficient (Wildman–Crippen LogP) is 1.57. The highest BCUT2D eigenvalue weighted by Gasteiger charge is 2.18. The minimum absolute atomic E-state index is 0.0321. The largest absolute Gasteiger partial charge is 0.398 e. The van der Waals surface area contributed by atoms with E-state index in [2.05, 4.69) is 14.3 Å². The maximum absolute atomic E-state index is 11.9. The van der Waals surface area contributed by atoms with Gasteiger partial charge in [0.2, 0.25) is 0 Å². The summed E-state index contributed by atoms with van der Waals surface area (Å²) in [4.78, 5) is -0.0321. The molecule has 0 aliphatic heterocycles. The second-order valence-electron chi connectivity index (χ2n) is 3.07. The zero-order chi connectivity index (χ0) is 12.5. The van der Waals surface area contributed by atoms with Crippen LogP contribution in [0.4, 0.5) is 10.7 Å². The smallest absolute Gasteiger partial charge is 0.264 e. The van der Waals surface area contributed by atoms with E-state index in [1.807, 2.05) is 0 Å². The lowest BCUT2D eigenvalue weighted by Crippen LogP contribution is -2.14. The van der Waals surface area contributed by atoms with Gasteiger partial charge in [0.15, 0.2) is 0 Å². The van der Waals surface area contributed by atoms with Crippen LogP contribution in [0.15, 0.2) is 29.3 Å². The molecule has 17 heavy (non-hydrogen) atoms. The molecule has 1 heterocycles. The lowest BCUT2D eigenvalue weighted by molar-refractivity contribution is 0.601. The van der Waals surface area contributed by atoms with E-state index < -0.39 is 10.0 Å². The van der Waals surface area contributed by atoms with Gasteiger partial charge in [0.05, 0.1) is 11.9 Å². The zero-order valence-electron chi connectivity index (χ0n) is 8.29. The molecule has 90 valence electrons. The molecule has 0 spiro atoms. The molecule has 0 aliphatic carbocycles. The van der Waals surface area contributed by atoms with E-state index in [-0.39, 0.29) is 10.6 Å². The van der Waals surface area contributed by atoms with Crippen LogP contribution in [-0.2, 0) is 10.0 Å². The van der Waals surface area contributed by atoms with Crippen LogP contribution in [0.5, 0.6) is 0 Å². The van der Waals surface area contributed by atoms with E-state index in [4.69, 9.17) is 17.3 Å². The predicted molar refractivity (Wildman–Crippen MR) is 66.6 cm³/mol. The summed E-state index contributed by atoms with van der Waals surface area (Å²) in [6, 6.07) is 4.17. The molecule has 2 rings (SSSR count). The number of benzene rings is 1. The Morgan fingerprint density at radius 2 is 2.18 bits per heavy atom. The number of nitrogens with one attached hydrogen (secondary N) is 1. The van der Waals surface area contributed by atoms with Crippen LogP contribution in [0, 0.1) is 0 Å². The summed E-state index contributed by atoms with van der Waals surface area (Å²) in [7, 11) is -3.73. The van der Waals surface area contributed by atoms with Gasteiger partial charge in [-0.3, -0.25) is 4.72 Å². The fraction of sp³-hybridized carbons (Fsp3) is 0. The van der Waals surface area contributed by atoms with Crippen LogP contribution in [-0.4, -0.2) is 18.0 Å². The summed E-state index contributed by atoms with van der Waals surface area (Å²) >= 11 is 6.63. The first kappa shape index (κ1) is 12.1. The fourth-order valence-corrected chi connectivity index (χ4v) is 3.14. The monoisotopic (exact) mass is 290 g/mol. The molecule has 0 radical (unpaired) electrons. The standard InChI is InChI=1S/C8H7ClN4O2S2/c9-5-1-2-7(6(10)3-5)17(14,15)12-8-4-11-13-16-8/h1-4,12H,10H2. The van der Waals surface area contributed by atoms with Crippen LogP contribution in [0.2, 0.25) is 5.02 Å². The number of halogens is 1. The molecular formula is C8H7ClN4O2S2. The molecule has 1 aromatic carbocycles. The second kappa shape index (κ2) is 4.47. The van der Waals surface area contributed by atoms with Crippen molar-refractivity contribution in [1.29, 1.82) is 0 Å². The van der Waals surface area contributed by atoms with Crippen LogP contribution < -0.4 is 10.5 Å². The number of aromatic nitrogens is 2. The highest BCUT2D eigenvalue weighted by Crippen LogP contribution is 2.25. The summed E-state index contributed by atoms with van der Waals surface area (Å²) in [5.74, 6) is 0. The number of hydrogen-bond acceptors (Lipinski definition) is 6. The Labute approximate surface area is 107 Å². The minimum Gasteiger partial charge on any atom is -0.398 e. The molecule has 1 aromatic heterocycles. The number of rotatable bonds is 3. The third kappa shape index (κ3) is 2.65. The summed E-state index contributed by atoms with van der Waals surface area (Å²) in [5.41, 5.74) is 5.69. The fourth-order valence-electron chi connectivity index (χ4n) is 1.16. The van der Waals surface area contributed by atoms with Gasteiger partial charge in [0.1, 0.15) is 9.90 Å². The molecule has 0 fully saturated rings. The molecule has 0 unspecified atom stereocenters. The lowest BCUT2D eigenvalue weighted by atomic mass is 10.3. The Morgan fingerprint density at radius 3 is 2.76 bits per heavy atom. The van der Waals surface area contributed by atoms with Crippen molar-refractivity contribution in [2.75, 3.05) is 10.5 Å². The number of sulfonamides is 1. The van der Waals surface area contributed by atoms with E-state index in [0.29, 0.717) is 10.0 Å². The van der Waals surface area contributed by atoms with Gasteiger partial charge < -0.3 is 5.73 Å². The van der Waals surface area contributed by atoms with Crippen molar-refractivity contribution in [3.63, 3.8) is 0 Å². The molecule has 3 N–H and O–H groups in total. The van der Waals surface area contributed by atoms with Gasteiger partial charge in [-0.1, -0.05) is 16.1 Å². The molecule has 0 bridgehead atoms. The molecule has 0 amide bonds. The number of nitrogens with zero attached hydrogens (tertiary/aromatic N) is 2. The minimum atomic E-state index is -3.73. The topological polar surface area (TPSA) is 98.0 Å². The molecule has 0 atom stereocenters. The van der Waals surface area contributed by atoms with Gasteiger partial charge in [0.25, 0.3) is 10.0 Å². The Bertz CT molecular complexity index is 627. The SMILES string of the molecule is Nc1cc(Cl)ccc1S(=O)(=O)Nc1cnns1. The molecule has 0 aliphatic rings. The quantitative estimate of drug-likeness (QED) is 0.836. The van der Waals surface area contributed by atoms with Crippen LogP contribution >= 0.6 is 23.1 Å². The number of anilines is 2. The van der Waals surface area contributed by atoms with E-state index in [0.717, 1.165) is 11.5 Å². The average molecular weight is 291 g/mol. The van der Waals surface area contributed by atoms with Crippen molar-refractivity contribution in [1.82, 2.24) is 9.59 Å². The van der Waals surface area contributed by atoms with Crippen molar-refractivity contribution in [2.24, 2.45) is 0 Å². The van der Waals surface area contributed by atoms with Crippen LogP contribution in [0.1, 0.15) is 0 Å². The maximum Gasteiger partial charge on any atom is 0.264 e. The first-order chi connectivity index (χ1) is 7.99.